The molecule has 0 bridgehead atoms. The van der Waals surface area contributed by atoms with Gasteiger partial charge >= 0.3 is 0 Å². The third-order valence-electron chi connectivity index (χ3n) is 3.77. The number of aromatic nitrogens is 2. The number of nitrogens with zero attached hydrogens (tertiary/aromatic N) is 3. The van der Waals surface area contributed by atoms with Crippen LogP contribution in [0.5, 0.6) is 0 Å². The Labute approximate surface area is 140 Å². The van der Waals surface area contributed by atoms with Crippen molar-refractivity contribution in [2.75, 3.05) is 19.6 Å². The molecule has 22 heavy (non-hydrogen) atoms. The first-order chi connectivity index (χ1) is 9.40. The number of halogens is 4. The normalized spacial score (nSPS) is 21.4. The summed E-state index contributed by atoms with van der Waals surface area (Å²) >= 11 is 0. The fraction of sp³-hybridized carbons (Fsp3) is 0.727. The lowest BCUT2D eigenvalue weighted by atomic mass is 10.1. The lowest BCUT2D eigenvalue weighted by molar-refractivity contribution is -0.0412. The topological polar surface area (TPSA) is 67.2 Å². The molecule has 1 N–H and O–H groups in total. The molecule has 0 radical (unpaired) electrons. The van der Waals surface area contributed by atoms with Crippen LogP contribution in [-0.2, 0) is 23.1 Å². The number of nitrogens with one attached hydrogen (secondary N) is 1. The van der Waals surface area contributed by atoms with Crippen molar-refractivity contribution in [2.24, 2.45) is 0 Å². The monoisotopic (exact) mass is 378 g/mol. The zero-order valence-electron chi connectivity index (χ0n) is 11.7. The van der Waals surface area contributed by atoms with E-state index in [1.54, 1.807) is 4.68 Å². The van der Waals surface area contributed by atoms with Crippen LogP contribution in [0.2, 0.25) is 0 Å². The van der Waals surface area contributed by atoms with E-state index in [9.17, 15) is 17.2 Å². The highest BCUT2D eigenvalue weighted by molar-refractivity contribution is 7.89. The lowest BCUT2D eigenvalue weighted by Gasteiger charge is -2.31. The minimum absolute atomic E-state index is 0. The quantitative estimate of drug-likeness (QED) is 0.840. The third kappa shape index (κ3) is 3.53. The molecule has 2 aliphatic heterocycles. The Morgan fingerprint density at radius 1 is 1.18 bits per heavy atom. The minimum atomic E-state index is -3.73. The summed E-state index contributed by atoms with van der Waals surface area (Å²) in [5.41, 5.74) is 0.605. The Morgan fingerprint density at radius 2 is 1.82 bits per heavy atom. The average molecular weight is 379 g/mol. The maximum Gasteiger partial charge on any atom is 0.250 e. The number of piperidine rings is 1. The zero-order chi connectivity index (χ0) is 14.4. The van der Waals surface area contributed by atoms with Gasteiger partial charge in [-0.2, -0.15) is 9.40 Å². The van der Waals surface area contributed by atoms with Gasteiger partial charge in [0.2, 0.25) is 10.0 Å². The maximum absolute atomic E-state index is 13.1. The summed E-state index contributed by atoms with van der Waals surface area (Å²) in [6.07, 6.45) is 0.478. The van der Waals surface area contributed by atoms with E-state index in [-0.39, 0.29) is 42.8 Å². The summed E-state index contributed by atoms with van der Waals surface area (Å²) in [6.45, 7) is 1.49. The molecular weight excluding hydrogens is 361 g/mol. The van der Waals surface area contributed by atoms with Gasteiger partial charge in [0.25, 0.3) is 5.92 Å². The van der Waals surface area contributed by atoms with Crippen molar-refractivity contribution in [1.82, 2.24) is 19.4 Å². The van der Waals surface area contributed by atoms with Crippen LogP contribution in [0.15, 0.2) is 11.1 Å². The fourth-order valence-electron chi connectivity index (χ4n) is 2.56. The second-order valence-electron chi connectivity index (χ2n) is 5.12. The van der Waals surface area contributed by atoms with Crippen molar-refractivity contribution < 1.29 is 17.2 Å². The van der Waals surface area contributed by atoms with Crippen LogP contribution >= 0.6 is 24.8 Å². The van der Waals surface area contributed by atoms with Gasteiger partial charge in [-0.05, 0) is 0 Å². The van der Waals surface area contributed by atoms with E-state index < -0.39 is 28.8 Å². The van der Waals surface area contributed by atoms with Crippen LogP contribution in [0, 0.1) is 0 Å². The van der Waals surface area contributed by atoms with Gasteiger partial charge in [-0.3, -0.25) is 4.68 Å². The summed E-state index contributed by atoms with van der Waals surface area (Å²) in [4.78, 5) is 0.134. The molecule has 128 valence electrons. The van der Waals surface area contributed by atoms with Gasteiger partial charge in [0.1, 0.15) is 4.90 Å². The second-order valence-corrected chi connectivity index (χ2v) is 7.02. The van der Waals surface area contributed by atoms with Crippen LogP contribution in [-0.4, -0.2) is 48.1 Å². The number of hydrogen-bond acceptors (Lipinski definition) is 4. The molecule has 0 amide bonds. The third-order valence-corrected chi connectivity index (χ3v) is 5.72. The van der Waals surface area contributed by atoms with Crippen LogP contribution in [0.3, 0.4) is 0 Å². The minimum Gasteiger partial charge on any atom is -0.309 e. The number of sulfonamides is 1. The van der Waals surface area contributed by atoms with Crippen molar-refractivity contribution in [3.05, 3.63) is 11.9 Å². The van der Waals surface area contributed by atoms with Gasteiger partial charge in [0.15, 0.2) is 0 Å². The van der Waals surface area contributed by atoms with E-state index in [4.69, 9.17) is 0 Å². The highest BCUT2D eigenvalue weighted by atomic mass is 35.5. The Hall–Kier alpha value is -0.480. The van der Waals surface area contributed by atoms with E-state index in [2.05, 4.69) is 10.4 Å². The van der Waals surface area contributed by atoms with Crippen molar-refractivity contribution in [3.8, 4) is 0 Å². The van der Waals surface area contributed by atoms with Gasteiger partial charge in [0, 0.05) is 39.0 Å². The van der Waals surface area contributed by atoms with Gasteiger partial charge < -0.3 is 5.32 Å². The molecule has 1 fully saturated rings. The highest BCUT2D eigenvalue weighted by Gasteiger charge is 2.40. The Bertz CT molecular complexity index is 614. The van der Waals surface area contributed by atoms with E-state index >= 15 is 0 Å². The predicted octanol–water partition coefficient (Wildman–Crippen LogP) is 1.25. The first kappa shape index (κ1) is 19.6. The first-order valence-electron chi connectivity index (χ1n) is 6.53. The number of fused-ring (bicyclic) bond motifs is 1. The maximum atomic E-state index is 13.1. The van der Waals surface area contributed by atoms with Crippen LogP contribution in [0.4, 0.5) is 8.78 Å². The largest absolute Gasteiger partial charge is 0.309 e. The molecule has 0 atom stereocenters. The Morgan fingerprint density at radius 3 is 2.45 bits per heavy atom. The van der Waals surface area contributed by atoms with Gasteiger partial charge in [-0.15, -0.1) is 24.8 Å². The van der Waals surface area contributed by atoms with Gasteiger partial charge in [-0.1, -0.05) is 0 Å². The van der Waals surface area contributed by atoms with E-state index in [1.165, 1.54) is 6.20 Å². The van der Waals surface area contributed by atoms with Gasteiger partial charge in [0.05, 0.1) is 18.4 Å². The number of alkyl halides is 2. The van der Waals surface area contributed by atoms with Crippen molar-refractivity contribution >= 4 is 34.8 Å². The molecule has 0 spiro atoms. The summed E-state index contributed by atoms with van der Waals surface area (Å²) in [7, 11) is -3.73. The molecule has 1 aromatic rings. The highest BCUT2D eigenvalue weighted by Crippen LogP contribution is 2.31. The standard InChI is InChI=1S/C11H16F2N4O2S.2ClH/c12-11(13)1-4-16(5-2-11)20(18,19)10-8-15-17-6-3-14-7-9(10)17;;/h8,14H,1-7H2;2*1H. The van der Waals surface area contributed by atoms with Crippen LogP contribution in [0.25, 0.3) is 0 Å². The van der Waals surface area contributed by atoms with Crippen molar-refractivity contribution in [1.29, 1.82) is 0 Å². The predicted molar refractivity (Wildman–Crippen MR) is 81.4 cm³/mol. The lowest BCUT2D eigenvalue weighted by Crippen LogP contribution is -2.43. The van der Waals surface area contributed by atoms with E-state index in [0.717, 1.165) is 10.8 Å². The summed E-state index contributed by atoms with van der Waals surface area (Å²) in [6, 6.07) is 0. The second kappa shape index (κ2) is 6.96. The van der Waals surface area contributed by atoms with Crippen molar-refractivity contribution in [3.63, 3.8) is 0 Å². The fourth-order valence-corrected chi connectivity index (χ4v) is 4.16. The summed E-state index contributed by atoms with van der Waals surface area (Å²) in [5, 5.41) is 7.16. The molecule has 0 saturated carbocycles. The van der Waals surface area contributed by atoms with E-state index in [0.29, 0.717) is 18.8 Å². The molecule has 2 aliphatic rings. The molecule has 3 heterocycles. The molecule has 1 aromatic heterocycles. The zero-order valence-corrected chi connectivity index (χ0v) is 14.1. The molecule has 0 unspecified atom stereocenters. The molecule has 0 aliphatic carbocycles. The summed E-state index contributed by atoms with van der Waals surface area (Å²) < 4.78 is 54.1. The van der Waals surface area contributed by atoms with Crippen LogP contribution in [0.1, 0.15) is 18.5 Å². The molecule has 0 aromatic carbocycles. The first-order valence-corrected chi connectivity index (χ1v) is 7.97. The molecule has 3 rings (SSSR count). The summed E-state index contributed by atoms with van der Waals surface area (Å²) in [5.74, 6) is -2.76. The van der Waals surface area contributed by atoms with Gasteiger partial charge in [-0.25, -0.2) is 17.2 Å². The molecular formula is C11H18Cl2F2N4O2S. The average Bonchev–Trinajstić information content (AvgIpc) is 2.82. The van der Waals surface area contributed by atoms with E-state index in [1.807, 2.05) is 0 Å². The SMILES string of the molecule is Cl.Cl.O=S(=O)(c1cnn2c1CNCC2)N1CCC(F)(F)CC1. The smallest absolute Gasteiger partial charge is 0.250 e. The Balaban J connectivity index is 0.00000121. The molecule has 6 nitrogen and oxygen atoms in total. The molecule has 11 heteroatoms. The number of hydrogen-bond donors (Lipinski definition) is 1. The van der Waals surface area contributed by atoms with Crippen LogP contribution < -0.4 is 5.32 Å². The Kier molecular flexibility index (Phi) is 6.19. The van der Waals surface area contributed by atoms with Crippen molar-refractivity contribution in [2.45, 2.75) is 36.7 Å². The molecule has 1 saturated heterocycles. The number of rotatable bonds is 2.